The molecule has 1 amide bonds. The van der Waals surface area contributed by atoms with E-state index in [1.54, 1.807) is 18.2 Å². The van der Waals surface area contributed by atoms with Gasteiger partial charge in [0.05, 0.1) is 19.2 Å². The lowest BCUT2D eigenvalue weighted by Gasteiger charge is -2.02. The average Bonchev–Trinajstić information content (AvgIpc) is 3.00. The molecule has 1 aromatic carbocycles. The molecule has 1 heterocycles. The molecule has 0 radical (unpaired) electrons. The Morgan fingerprint density at radius 1 is 1.22 bits per heavy atom. The number of ether oxygens (including phenoxy) is 2. The van der Waals surface area contributed by atoms with Crippen LogP contribution in [-0.4, -0.2) is 26.1 Å². The van der Waals surface area contributed by atoms with E-state index in [-0.39, 0.29) is 11.7 Å². The number of amides is 1. The molecule has 0 aliphatic rings. The molecule has 0 unspecified atom stereocenters. The highest BCUT2D eigenvalue weighted by molar-refractivity contribution is 7.18. The number of esters is 1. The van der Waals surface area contributed by atoms with Gasteiger partial charge in [-0.25, -0.2) is 9.18 Å². The summed E-state index contributed by atoms with van der Waals surface area (Å²) in [5, 5.41) is 3.13. The molecule has 2 aromatic rings. The van der Waals surface area contributed by atoms with Gasteiger partial charge < -0.3 is 14.8 Å². The highest BCUT2D eigenvalue weighted by Crippen LogP contribution is 2.22. The Morgan fingerprint density at radius 2 is 2.00 bits per heavy atom. The van der Waals surface area contributed by atoms with Gasteiger partial charge >= 0.3 is 5.97 Å². The summed E-state index contributed by atoms with van der Waals surface area (Å²) < 4.78 is 22.9. The standard InChI is InChI=1S/C16H14FNO4S/c1-21-12-5-3-10(9-11(12)17)4-7-14(19)18-15-8-6-13(23-15)16(20)22-2/h3-9H,1-2H3,(H,18,19)/b7-4+. The number of nitrogens with one attached hydrogen (secondary N) is 1. The Hall–Kier alpha value is -2.67. The van der Waals surface area contributed by atoms with Crippen molar-refractivity contribution in [1.29, 1.82) is 0 Å². The minimum atomic E-state index is -0.504. The molecule has 1 aromatic heterocycles. The smallest absolute Gasteiger partial charge is 0.348 e. The van der Waals surface area contributed by atoms with Gasteiger partial charge in [-0.2, -0.15) is 0 Å². The highest BCUT2D eigenvalue weighted by atomic mass is 32.1. The number of hydrogen-bond donors (Lipinski definition) is 1. The van der Waals surface area contributed by atoms with Crippen LogP contribution in [0.25, 0.3) is 6.08 Å². The number of methoxy groups -OCH3 is 2. The number of halogens is 1. The molecule has 5 nitrogen and oxygen atoms in total. The van der Waals surface area contributed by atoms with Gasteiger partial charge in [0.1, 0.15) is 4.88 Å². The number of carbonyl (C=O) groups is 2. The Morgan fingerprint density at radius 3 is 2.65 bits per heavy atom. The van der Waals surface area contributed by atoms with Crippen molar-refractivity contribution in [3.05, 3.63) is 52.7 Å². The lowest BCUT2D eigenvalue weighted by atomic mass is 10.2. The van der Waals surface area contributed by atoms with Crippen LogP contribution in [0.15, 0.2) is 36.4 Å². The molecule has 0 fully saturated rings. The average molecular weight is 335 g/mol. The zero-order chi connectivity index (χ0) is 16.8. The first-order valence-electron chi connectivity index (χ1n) is 6.54. The van der Waals surface area contributed by atoms with Crippen molar-refractivity contribution >= 4 is 34.3 Å². The maximum atomic E-state index is 13.5. The van der Waals surface area contributed by atoms with Crippen molar-refractivity contribution in [3.63, 3.8) is 0 Å². The van der Waals surface area contributed by atoms with Crippen molar-refractivity contribution in [1.82, 2.24) is 0 Å². The molecule has 0 aliphatic heterocycles. The molecule has 0 aliphatic carbocycles. The number of rotatable bonds is 5. The second-order valence-electron chi connectivity index (χ2n) is 4.37. The number of hydrogen-bond acceptors (Lipinski definition) is 5. The maximum Gasteiger partial charge on any atom is 0.348 e. The number of thiophene rings is 1. The third-order valence-corrected chi connectivity index (χ3v) is 3.82. The summed E-state index contributed by atoms with van der Waals surface area (Å²) in [6, 6.07) is 7.55. The predicted molar refractivity (Wildman–Crippen MR) is 86.3 cm³/mol. The van der Waals surface area contributed by atoms with E-state index < -0.39 is 11.8 Å². The van der Waals surface area contributed by atoms with Crippen LogP contribution in [0.4, 0.5) is 9.39 Å². The first kappa shape index (κ1) is 16.7. The fraction of sp³-hybridized carbons (Fsp3) is 0.125. The predicted octanol–water partition coefficient (Wildman–Crippen LogP) is 3.33. The van der Waals surface area contributed by atoms with Crippen molar-refractivity contribution in [2.24, 2.45) is 0 Å². The van der Waals surface area contributed by atoms with Gasteiger partial charge in [0.25, 0.3) is 0 Å². The normalized spacial score (nSPS) is 10.6. The van der Waals surface area contributed by atoms with Crippen LogP contribution in [0, 0.1) is 5.82 Å². The van der Waals surface area contributed by atoms with Crippen molar-refractivity contribution in [2.45, 2.75) is 0 Å². The summed E-state index contributed by atoms with van der Waals surface area (Å²) in [6.07, 6.45) is 2.76. The number of carbonyl (C=O) groups excluding carboxylic acids is 2. The summed E-state index contributed by atoms with van der Waals surface area (Å²) in [5.74, 6) is -1.21. The van der Waals surface area contributed by atoms with Crippen LogP contribution in [-0.2, 0) is 9.53 Å². The van der Waals surface area contributed by atoms with Crippen LogP contribution in [0.3, 0.4) is 0 Å². The second kappa shape index (κ2) is 7.55. The molecule has 23 heavy (non-hydrogen) atoms. The van der Waals surface area contributed by atoms with Gasteiger partial charge in [-0.05, 0) is 35.9 Å². The summed E-state index contributed by atoms with van der Waals surface area (Å²) in [5.41, 5.74) is 0.528. The summed E-state index contributed by atoms with van der Waals surface area (Å²) >= 11 is 1.11. The van der Waals surface area contributed by atoms with E-state index in [1.165, 1.54) is 38.5 Å². The molecule has 0 atom stereocenters. The molecule has 120 valence electrons. The Bertz CT molecular complexity index is 754. The van der Waals surface area contributed by atoms with E-state index in [0.29, 0.717) is 15.4 Å². The zero-order valence-corrected chi connectivity index (χ0v) is 13.3. The van der Waals surface area contributed by atoms with Crippen LogP contribution in [0.1, 0.15) is 15.2 Å². The van der Waals surface area contributed by atoms with Crippen LogP contribution in [0.2, 0.25) is 0 Å². The molecule has 0 bridgehead atoms. The van der Waals surface area contributed by atoms with Crippen LogP contribution < -0.4 is 10.1 Å². The molecule has 0 spiro atoms. The minimum absolute atomic E-state index is 0.139. The molecule has 0 saturated heterocycles. The van der Waals surface area contributed by atoms with Crippen molar-refractivity contribution < 1.29 is 23.5 Å². The molecular formula is C16H14FNO4S. The molecule has 1 N–H and O–H groups in total. The van der Waals surface area contributed by atoms with Gasteiger partial charge in [-0.15, -0.1) is 11.3 Å². The van der Waals surface area contributed by atoms with Gasteiger partial charge in [0.2, 0.25) is 5.91 Å². The first-order valence-corrected chi connectivity index (χ1v) is 7.36. The Kier molecular flexibility index (Phi) is 5.48. The summed E-state index contributed by atoms with van der Waals surface area (Å²) in [4.78, 5) is 23.5. The van der Waals surface area contributed by atoms with E-state index in [9.17, 15) is 14.0 Å². The molecular weight excluding hydrogens is 321 g/mol. The van der Waals surface area contributed by atoms with Crippen molar-refractivity contribution in [3.8, 4) is 5.75 Å². The zero-order valence-electron chi connectivity index (χ0n) is 12.5. The van der Waals surface area contributed by atoms with Gasteiger partial charge in [0, 0.05) is 6.08 Å². The van der Waals surface area contributed by atoms with E-state index in [0.717, 1.165) is 11.3 Å². The molecule has 0 saturated carbocycles. The Balaban J connectivity index is 2.00. The Labute approximate surface area is 136 Å². The molecule has 7 heteroatoms. The topological polar surface area (TPSA) is 64.6 Å². The van der Waals surface area contributed by atoms with E-state index >= 15 is 0 Å². The van der Waals surface area contributed by atoms with Crippen molar-refractivity contribution in [2.75, 3.05) is 19.5 Å². The van der Waals surface area contributed by atoms with Crippen LogP contribution in [0.5, 0.6) is 5.75 Å². The lowest BCUT2D eigenvalue weighted by molar-refractivity contribution is -0.111. The highest BCUT2D eigenvalue weighted by Gasteiger charge is 2.10. The SMILES string of the molecule is COC(=O)c1ccc(NC(=O)/C=C/c2ccc(OC)c(F)c2)s1. The third kappa shape index (κ3) is 4.40. The minimum Gasteiger partial charge on any atom is -0.494 e. The van der Waals surface area contributed by atoms with E-state index in [4.69, 9.17) is 4.74 Å². The van der Waals surface area contributed by atoms with Gasteiger partial charge in [-0.1, -0.05) is 6.07 Å². The first-order chi connectivity index (χ1) is 11.0. The largest absolute Gasteiger partial charge is 0.494 e. The number of anilines is 1. The fourth-order valence-electron chi connectivity index (χ4n) is 1.74. The summed E-state index contributed by atoms with van der Waals surface area (Å²) in [6.45, 7) is 0. The number of benzene rings is 1. The second-order valence-corrected chi connectivity index (χ2v) is 5.46. The summed E-state index contributed by atoms with van der Waals surface area (Å²) in [7, 11) is 2.67. The quantitative estimate of drug-likeness (QED) is 0.672. The van der Waals surface area contributed by atoms with E-state index in [1.807, 2.05) is 0 Å². The maximum absolute atomic E-state index is 13.5. The monoisotopic (exact) mass is 335 g/mol. The van der Waals surface area contributed by atoms with Gasteiger partial charge in [-0.3, -0.25) is 4.79 Å². The van der Waals surface area contributed by atoms with Crippen LogP contribution >= 0.6 is 11.3 Å². The lowest BCUT2D eigenvalue weighted by Crippen LogP contribution is -2.06. The third-order valence-electron chi connectivity index (χ3n) is 2.84. The molecule has 2 rings (SSSR count). The van der Waals surface area contributed by atoms with Gasteiger partial charge in [0.15, 0.2) is 11.6 Å². The fourth-order valence-corrected chi connectivity index (χ4v) is 2.56. The van der Waals surface area contributed by atoms with E-state index in [2.05, 4.69) is 10.1 Å².